The maximum absolute atomic E-state index is 10.8. The van der Waals surface area contributed by atoms with Gasteiger partial charge in [-0.1, -0.05) is 13.3 Å². The Labute approximate surface area is 115 Å². The number of benzene rings is 1. The summed E-state index contributed by atoms with van der Waals surface area (Å²) in [4.78, 5) is 10.8. The molecule has 1 aliphatic carbocycles. The summed E-state index contributed by atoms with van der Waals surface area (Å²) in [6.07, 6.45) is 2.33. The van der Waals surface area contributed by atoms with Crippen LogP contribution in [0.5, 0.6) is 0 Å². The number of rotatable bonds is 1. The number of aryl methyl sites for hydroxylation is 2. The molecule has 1 unspecified atom stereocenters. The zero-order chi connectivity index (χ0) is 10.1. The number of aliphatic carboxylic acids is 1. The first-order chi connectivity index (χ1) is 6.66. The first-order valence-electron chi connectivity index (χ1n) is 4.89. The molecule has 0 saturated heterocycles. The van der Waals surface area contributed by atoms with Gasteiger partial charge in [0, 0.05) is 32.7 Å². The maximum Gasteiger partial charge on any atom is 0.305 e. The van der Waals surface area contributed by atoms with Crippen molar-refractivity contribution in [3.8, 4) is 0 Å². The molecule has 0 spiro atoms. The SMILES string of the molecule is Cc1[c-]cc2c(c1)CCC(C(=O)O)C2.[Y]. The van der Waals surface area contributed by atoms with Gasteiger partial charge < -0.3 is 5.11 Å². The van der Waals surface area contributed by atoms with Crippen LogP contribution in [0.2, 0.25) is 0 Å². The average molecular weight is 278 g/mol. The van der Waals surface area contributed by atoms with Crippen LogP contribution >= 0.6 is 0 Å². The third-order valence-corrected chi connectivity index (χ3v) is 2.85. The molecular weight excluding hydrogens is 265 g/mol. The predicted molar refractivity (Wildman–Crippen MR) is 53.2 cm³/mol. The van der Waals surface area contributed by atoms with Gasteiger partial charge in [-0.15, -0.1) is 0 Å². The molecule has 0 amide bonds. The normalized spacial score (nSPS) is 18.9. The smallest absolute Gasteiger partial charge is 0.305 e. The van der Waals surface area contributed by atoms with E-state index < -0.39 is 5.97 Å². The van der Waals surface area contributed by atoms with Crippen molar-refractivity contribution in [1.82, 2.24) is 0 Å². The molecule has 2 rings (SSSR count). The molecular formula is C12H13O2Y-. The van der Waals surface area contributed by atoms with Crippen LogP contribution in [0.15, 0.2) is 12.1 Å². The number of fused-ring (bicyclic) bond motifs is 1. The Morgan fingerprint density at radius 3 is 2.93 bits per heavy atom. The summed E-state index contributed by atoms with van der Waals surface area (Å²) in [5.74, 6) is -0.866. The zero-order valence-electron chi connectivity index (χ0n) is 8.79. The van der Waals surface area contributed by atoms with Gasteiger partial charge in [-0.05, 0) is 12.8 Å². The number of carboxylic acids is 1. The van der Waals surface area contributed by atoms with E-state index in [4.69, 9.17) is 5.11 Å². The van der Waals surface area contributed by atoms with Gasteiger partial charge in [-0.25, -0.2) is 0 Å². The molecule has 0 aromatic heterocycles. The maximum atomic E-state index is 10.8. The molecule has 0 saturated carbocycles. The van der Waals surface area contributed by atoms with Gasteiger partial charge in [-0.2, -0.15) is 34.9 Å². The molecule has 15 heavy (non-hydrogen) atoms. The average Bonchev–Trinajstić information content (AvgIpc) is 2.16. The molecule has 0 aliphatic heterocycles. The van der Waals surface area contributed by atoms with Crippen LogP contribution in [0.1, 0.15) is 23.1 Å². The van der Waals surface area contributed by atoms with E-state index in [1.807, 2.05) is 13.0 Å². The van der Waals surface area contributed by atoms with E-state index in [0.29, 0.717) is 6.42 Å². The van der Waals surface area contributed by atoms with Crippen molar-refractivity contribution in [2.45, 2.75) is 26.2 Å². The molecule has 1 aromatic rings. The monoisotopic (exact) mass is 278 g/mol. The van der Waals surface area contributed by atoms with Gasteiger partial charge in [0.15, 0.2) is 0 Å². The van der Waals surface area contributed by atoms with Crippen LogP contribution in [0.25, 0.3) is 0 Å². The van der Waals surface area contributed by atoms with Gasteiger partial charge >= 0.3 is 5.97 Å². The van der Waals surface area contributed by atoms with Crippen LogP contribution in [-0.4, -0.2) is 11.1 Å². The largest absolute Gasteiger partial charge is 0.481 e. The van der Waals surface area contributed by atoms with Crippen molar-refractivity contribution < 1.29 is 42.6 Å². The van der Waals surface area contributed by atoms with Crippen molar-refractivity contribution in [2.24, 2.45) is 5.92 Å². The van der Waals surface area contributed by atoms with E-state index in [9.17, 15) is 4.79 Å². The Morgan fingerprint density at radius 1 is 1.53 bits per heavy atom. The van der Waals surface area contributed by atoms with Crippen LogP contribution in [-0.2, 0) is 50.3 Å². The van der Waals surface area contributed by atoms with Crippen molar-refractivity contribution in [1.29, 1.82) is 0 Å². The first-order valence-corrected chi connectivity index (χ1v) is 4.89. The van der Waals surface area contributed by atoms with Crippen LogP contribution in [0.4, 0.5) is 0 Å². The third-order valence-electron chi connectivity index (χ3n) is 2.85. The summed E-state index contributed by atoms with van der Waals surface area (Å²) in [5.41, 5.74) is 3.60. The van der Waals surface area contributed by atoms with E-state index in [2.05, 4.69) is 12.1 Å². The molecule has 0 bridgehead atoms. The molecule has 3 heteroatoms. The fourth-order valence-electron chi connectivity index (χ4n) is 2.02. The molecule has 0 fully saturated rings. The summed E-state index contributed by atoms with van der Waals surface area (Å²) in [7, 11) is 0. The topological polar surface area (TPSA) is 37.3 Å². The molecule has 1 aromatic carbocycles. The first kappa shape index (κ1) is 12.9. The van der Waals surface area contributed by atoms with E-state index in [0.717, 1.165) is 24.0 Å². The van der Waals surface area contributed by atoms with Gasteiger partial charge in [0.2, 0.25) is 0 Å². The molecule has 2 nitrogen and oxygen atoms in total. The second-order valence-corrected chi connectivity index (χ2v) is 3.94. The fraction of sp³-hybridized carbons (Fsp3) is 0.417. The van der Waals surface area contributed by atoms with Crippen molar-refractivity contribution in [2.75, 3.05) is 0 Å². The number of carboxylic acid groups (broad SMARTS) is 1. The van der Waals surface area contributed by atoms with Crippen molar-refractivity contribution in [3.05, 3.63) is 34.9 Å². The number of hydrogen-bond donors (Lipinski definition) is 1. The Morgan fingerprint density at radius 2 is 2.27 bits per heavy atom. The van der Waals surface area contributed by atoms with Gasteiger partial charge in [0.25, 0.3) is 0 Å². The molecule has 0 heterocycles. The van der Waals surface area contributed by atoms with Gasteiger partial charge in [0.05, 0.1) is 5.92 Å². The Balaban J connectivity index is 0.00000112. The minimum atomic E-state index is -0.670. The quantitative estimate of drug-likeness (QED) is 0.798. The standard InChI is InChI=1S/C12H13O2.Y/c1-8-2-3-10-7-11(12(13)14)5-4-9(10)6-8;/h3,6,11H,4-5,7H2,1H3,(H,13,14);/q-1;. The molecule has 1 radical (unpaired) electrons. The molecule has 77 valence electrons. The zero-order valence-corrected chi connectivity index (χ0v) is 11.6. The van der Waals surface area contributed by atoms with Crippen molar-refractivity contribution in [3.63, 3.8) is 0 Å². The Hall–Kier alpha value is -0.206. The summed E-state index contributed by atoms with van der Waals surface area (Å²) in [6.45, 7) is 2.02. The minimum absolute atomic E-state index is 0. The van der Waals surface area contributed by atoms with E-state index in [1.165, 1.54) is 5.56 Å². The van der Waals surface area contributed by atoms with E-state index in [1.54, 1.807) is 0 Å². The molecule has 1 N–H and O–H groups in total. The second kappa shape index (κ2) is 5.22. The van der Waals surface area contributed by atoms with Gasteiger partial charge in [-0.3, -0.25) is 4.79 Å². The van der Waals surface area contributed by atoms with Gasteiger partial charge in [0.1, 0.15) is 0 Å². The summed E-state index contributed by atoms with van der Waals surface area (Å²) >= 11 is 0. The predicted octanol–water partition coefficient (Wildman–Crippen LogP) is 1.98. The number of hydrogen-bond acceptors (Lipinski definition) is 1. The fourth-order valence-corrected chi connectivity index (χ4v) is 2.02. The van der Waals surface area contributed by atoms with Crippen molar-refractivity contribution >= 4 is 5.97 Å². The third kappa shape index (κ3) is 2.88. The molecule has 1 aliphatic rings. The number of carbonyl (C=O) groups is 1. The summed E-state index contributed by atoms with van der Waals surface area (Å²) in [6, 6.07) is 7.19. The summed E-state index contributed by atoms with van der Waals surface area (Å²) in [5, 5.41) is 8.91. The summed E-state index contributed by atoms with van der Waals surface area (Å²) < 4.78 is 0. The van der Waals surface area contributed by atoms with E-state index >= 15 is 0 Å². The second-order valence-electron chi connectivity index (χ2n) is 3.94. The van der Waals surface area contributed by atoms with E-state index in [-0.39, 0.29) is 38.6 Å². The minimum Gasteiger partial charge on any atom is -0.481 e. The molecule has 1 atom stereocenters. The van der Waals surface area contributed by atoms with Crippen LogP contribution in [0.3, 0.4) is 0 Å². The Bertz CT molecular complexity index is 374. The van der Waals surface area contributed by atoms with Crippen LogP contribution < -0.4 is 0 Å². The Kier molecular flexibility index (Phi) is 4.48. The van der Waals surface area contributed by atoms with Crippen LogP contribution in [0, 0.1) is 18.9 Å².